The van der Waals surface area contributed by atoms with Crippen LogP contribution < -0.4 is 5.32 Å². The van der Waals surface area contributed by atoms with Gasteiger partial charge in [-0.25, -0.2) is 0 Å². The minimum atomic E-state index is -0.984. The summed E-state index contributed by atoms with van der Waals surface area (Å²) in [5.41, 5.74) is 0. The number of ether oxygens (including phenoxy) is 2. The standard InChI is InChI=1S/C17H31NO6/c1-12(2)13(3)17(22)18-14(7-8-16(20)21)15(19)6-5-9-24-11-10-23-4/h12-14H,5-11H2,1-4H3,(H,18,22)(H,20,21)/t13-,14-/m0/s1. The average Bonchev–Trinajstić information content (AvgIpc) is 2.53. The summed E-state index contributed by atoms with van der Waals surface area (Å²) in [5.74, 6) is -1.44. The van der Waals surface area contributed by atoms with Gasteiger partial charge in [-0.1, -0.05) is 20.8 Å². The summed E-state index contributed by atoms with van der Waals surface area (Å²) in [6.45, 7) is 7.04. The van der Waals surface area contributed by atoms with Crippen molar-refractivity contribution in [3.8, 4) is 0 Å². The van der Waals surface area contributed by atoms with Gasteiger partial charge in [0.2, 0.25) is 5.91 Å². The van der Waals surface area contributed by atoms with Gasteiger partial charge in [-0.2, -0.15) is 0 Å². The largest absolute Gasteiger partial charge is 0.481 e. The number of Topliss-reactive ketones (excluding diaryl/α,β-unsaturated/α-hetero) is 1. The fraction of sp³-hybridized carbons (Fsp3) is 0.824. The van der Waals surface area contributed by atoms with Crippen molar-refractivity contribution >= 4 is 17.7 Å². The summed E-state index contributed by atoms with van der Waals surface area (Å²) in [5, 5.41) is 11.5. The highest BCUT2D eigenvalue weighted by molar-refractivity contribution is 5.90. The van der Waals surface area contributed by atoms with E-state index in [0.717, 1.165) is 0 Å². The maximum Gasteiger partial charge on any atom is 0.303 e. The van der Waals surface area contributed by atoms with Crippen LogP contribution in [0.1, 0.15) is 46.5 Å². The van der Waals surface area contributed by atoms with Crippen LogP contribution in [-0.2, 0) is 23.9 Å². The molecule has 0 aromatic carbocycles. The van der Waals surface area contributed by atoms with Crippen LogP contribution in [0.15, 0.2) is 0 Å². The zero-order valence-electron chi connectivity index (χ0n) is 15.2. The fourth-order valence-electron chi connectivity index (χ4n) is 1.95. The summed E-state index contributed by atoms with van der Waals surface area (Å²) in [4.78, 5) is 35.2. The highest BCUT2D eigenvalue weighted by Crippen LogP contribution is 2.12. The molecule has 0 saturated heterocycles. The molecule has 0 rings (SSSR count). The Morgan fingerprint density at radius 1 is 1.04 bits per heavy atom. The van der Waals surface area contributed by atoms with Crippen LogP contribution >= 0.6 is 0 Å². The molecule has 0 fully saturated rings. The SMILES string of the molecule is COCCOCCCC(=O)[C@H](CCC(=O)O)NC(=O)[C@@H](C)C(C)C. The maximum atomic E-state index is 12.3. The predicted octanol–water partition coefficient (Wildman–Crippen LogP) is 1.64. The Bertz CT molecular complexity index is 397. The van der Waals surface area contributed by atoms with E-state index in [9.17, 15) is 14.4 Å². The van der Waals surface area contributed by atoms with Crippen molar-refractivity contribution in [2.75, 3.05) is 26.9 Å². The van der Waals surface area contributed by atoms with Gasteiger partial charge in [0.05, 0.1) is 19.3 Å². The summed E-state index contributed by atoms with van der Waals surface area (Å²) in [7, 11) is 1.58. The third kappa shape index (κ3) is 10.3. The van der Waals surface area contributed by atoms with E-state index < -0.39 is 12.0 Å². The minimum absolute atomic E-state index is 0.106. The first-order valence-corrected chi connectivity index (χ1v) is 8.41. The van der Waals surface area contributed by atoms with Gasteiger partial charge >= 0.3 is 5.97 Å². The second-order valence-corrected chi connectivity index (χ2v) is 6.20. The van der Waals surface area contributed by atoms with Crippen molar-refractivity contribution in [3.05, 3.63) is 0 Å². The number of aliphatic carboxylic acids is 1. The molecule has 1 amide bonds. The van der Waals surface area contributed by atoms with Crippen molar-refractivity contribution in [2.24, 2.45) is 11.8 Å². The van der Waals surface area contributed by atoms with Gasteiger partial charge in [0.15, 0.2) is 5.78 Å². The first kappa shape index (κ1) is 22.5. The highest BCUT2D eigenvalue weighted by Gasteiger charge is 2.24. The zero-order chi connectivity index (χ0) is 18.5. The molecule has 2 atom stereocenters. The molecule has 24 heavy (non-hydrogen) atoms. The quantitative estimate of drug-likeness (QED) is 0.464. The molecule has 0 aliphatic carbocycles. The second-order valence-electron chi connectivity index (χ2n) is 6.20. The maximum absolute atomic E-state index is 12.3. The molecule has 0 aromatic rings. The Labute approximate surface area is 144 Å². The van der Waals surface area contributed by atoms with Crippen LogP contribution in [0.2, 0.25) is 0 Å². The lowest BCUT2D eigenvalue weighted by Gasteiger charge is -2.21. The van der Waals surface area contributed by atoms with Crippen LogP contribution in [0.3, 0.4) is 0 Å². The van der Waals surface area contributed by atoms with Crippen molar-refractivity contribution in [2.45, 2.75) is 52.5 Å². The summed E-state index contributed by atoms with van der Waals surface area (Å²) >= 11 is 0. The molecule has 140 valence electrons. The topological polar surface area (TPSA) is 102 Å². The number of methoxy groups -OCH3 is 1. The number of ketones is 1. The number of hydrogen-bond acceptors (Lipinski definition) is 5. The van der Waals surface area contributed by atoms with Crippen LogP contribution in [0.25, 0.3) is 0 Å². The van der Waals surface area contributed by atoms with Gasteiger partial charge < -0.3 is 19.9 Å². The molecule has 0 spiro atoms. The first-order valence-electron chi connectivity index (χ1n) is 8.41. The summed E-state index contributed by atoms with van der Waals surface area (Å²) in [6.07, 6.45) is 0.724. The van der Waals surface area contributed by atoms with Gasteiger partial charge in [-0.05, 0) is 18.8 Å². The number of nitrogens with one attached hydrogen (secondary N) is 1. The van der Waals surface area contributed by atoms with E-state index >= 15 is 0 Å². The lowest BCUT2D eigenvalue weighted by atomic mass is 9.95. The van der Waals surface area contributed by atoms with Crippen molar-refractivity contribution in [3.63, 3.8) is 0 Å². The average molecular weight is 345 g/mol. The number of hydrogen-bond donors (Lipinski definition) is 2. The number of carbonyl (C=O) groups is 3. The molecule has 7 nitrogen and oxygen atoms in total. The summed E-state index contributed by atoms with van der Waals surface area (Å²) in [6, 6.07) is -0.756. The van der Waals surface area contributed by atoms with Crippen molar-refractivity contribution < 1.29 is 29.0 Å². The Morgan fingerprint density at radius 2 is 1.71 bits per heavy atom. The predicted molar refractivity (Wildman–Crippen MR) is 89.7 cm³/mol. The highest BCUT2D eigenvalue weighted by atomic mass is 16.5. The lowest BCUT2D eigenvalue weighted by Crippen LogP contribution is -2.44. The van der Waals surface area contributed by atoms with Gasteiger partial charge in [-0.3, -0.25) is 14.4 Å². The molecule has 0 aliphatic heterocycles. The minimum Gasteiger partial charge on any atom is -0.481 e. The molecule has 0 aromatic heterocycles. The molecular formula is C17H31NO6. The van der Waals surface area contributed by atoms with Crippen LogP contribution in [0, 0.1) is 11.8 Å². The number of carbonyl (C=O) groups excluding carboxylic acids is 2. The van der Waals surface area contributed by atoms with Crippen molar-refractivity contribution in [1.29, 1.82) is 0 Å². The normalized spacial score (nSPS) is 13.5. The van der Waals surface area contributed by atoms with Gasteiger partial charge in [0.1, 0.15) is 0 Å². The molecule has 2 N–H and O–H groups in total. The number of carboxylic acid groups (broad SMARTS) is 1. The van der Waals surface area contributed by atoms with Crippen molar-refractivity contribution in [1.82, 2.24) is 5.32 Å². The van der Waals surface area contributed by atoms with E-state index in [0.29, 0.717) is 26.2 Å². The van der Waals surface area contributed by atoms with Gasteiger partial charge in [0, 0.05) is 32.5 Å². The van der Waals surface area contributed by atoms with Gasteiger partial charge in [0.25, 0.3) is 0 Å². The molecular weight excluding hydrogens is 314 g/mol. The Morgan fingerprint density at radius 3 is 2.25 bits per heavy atom. The van der Waals surface area contributed by atoms with Crippen LogP contribution in [0.5, 0.6) is 0 Å². The Hall–Kier alpha value is -1.47. The van der Waals surface area contributed by atoms with Crippen LogP contribution in [-0.4, -0.2) is 55.7 Å². The monoisotopic (exact) mass is 345 g/mol. The number of carboxylic acids is 1. The Kier molecular flexibility index (Phi) is 12.1. The van der Waals surface area contributed by atoms with E-state index in [1.165, 1.54) is 0 Å². The lowest BCUT2D eigenvalue weighted by molar-refractivity contribution is -0.138. The smallest absolute Gasteiger partial charge is 0.303 e. The van der Waals surface area contributed by atoms with E-state index in [-0.39, 0.29) is 42.8 Å². The van der Waals surface area contributed by atoms with E-state index in [1.54, 1.807) is 14.0 Å². The molecule has 0 heterocycles. The first-order chi connectivity index (χ1) is 11.3. The second kappa shape index (κ2) is 12.9. The van der Waals surface area contributed by atoms with E-state index in [1.807, 2.05) is 13.8 Å². The third-order valence-corrected chi connectivity index (χ3v) is 3.91. The molecule has 0 radical (unpaired) electrons. The molecule has 0 unspecified atom stereocenters. The van der Waals surface area contributed by atoms with E-state index in [4.69, 9.17) is 14.6 Å². The number of amides is 1. The van der Waals surface area contributed by atoms with Crippen LogP contribution in [0.4, 0.5) is 0 Å². The zero-order valence-corrected chi connectivity index (χ0v) is 15.2. The molecule has 7 heteroatoms. The number of rotatable bonds is 14. The van der Waals surface area contributed by atoms with E-state index in [2.05, 4.69) is 5.32 Å². The molecule has 0 bridgehead atoms. The summed E-state index contributed by atoms with van der Waals surface area (Å²) < 4.78 is 10.1. The molecule has 0 saturated carbocycles. The Balaban J connectivity index is 4.44. The third-order valence-electron chi connectivity index (χ3n) is 3.91. The fourth-order valence-corrected chi connectivity index (χ4v) is 1.95. The van der Waals surface area contributed by atoms with Gasteiger partial charge in [-0.15, -0.1) is 0 Å². The molecule has 0 aliphatic rings.